The average Bonchev–Trinajstić information content (AvgIpc) is 3.59. The predicted molar refractivity (Wildman–Crippen MR) is 213 cm³/mol. The molecule has 7 aromatic carbocycles. The highest BCUT2D eigenvalue weighted by atomic mass is 32.1. The molecule has 4 nitrogen and oxygen atoms in total. The van der Waals surface area contributed by atoms with Gasteiger partial charge in [-0.1, -0.05) is 140 Å². The zero-order valence-electron chi connectivity index (χ0n) is 27.4. The minimum atomic E-state index is 0.611. The van der Waals surface area contributed by atoms with E-state index in [0.29, 0.717) is 17.5 Å². The minimum Gasteiger partial charge on any atom is -0.245 e. The summed E-state index contributed by atoms with van der Waals surface area (Å²) in [6, 6.07) is 57.3. The van der Waals surface area contributed by atoms with Gasteiger partial charge in [0.05, 0.1) is 0 Å². The summed E-state index contributed by atoms with van der Waals surface area (Å²) in [6.07, 6.45) is 1.99. The third-order valence-corrected chi connectivity index (χ3v) is 10.7. The molecule has 0 bridgehead atoms. The zero-order valence-corrected chi connectivity index (χ0v) is 28.2. The summed E-state index contributed by atoms with van der Waals surface area (Å²) in [6.45, 7) is 0. The van der Waals surface area contributed by atoms with Crippen LogP contribution in [0.3, 0.4) is 0 Å². The Labute approximate surface area is 298 Å². The highest BCUT2D eigenvalue weighted by molar-refractivity contribution is 7.25. The molecular weight excluding hydrogens is 641 g/mol. The molecule has 5 heteroatoms. The van der Waals surface area contributed by atoms with Crippen LogP contribution < -0.4 is 0 Å². The Morgan fingerprint density at radius 1 is 0.353 bits per heavy atom. The molecule has 0 atom stereocenters. The molecule has 10 aromatic rings. The van der Waals surface area contributed by atoms with Crippen LogP contribution in [0.4, 0.5) is 0 Å². The van der Waals surface area contributed by atoms with Crippen LogP contribution in [0.15, 0.2) is 170 Å². The van der Waals surface area contributed by atoms with Gasteiger partial charge >= 0.3 is 0 Å². The van der Waals surface area contributed by atoms with E-state index in [2.05, 4.69) is 103 Å². The van der Waals surface area contributed by atoms with E-state index >= 15 is 0 Å². The fraction of sp³-hybridized carbons (Fsp3) is 0. The molecule has 0 aliphatic carbocycles. The molecule has 0 aliphatic heterocycles. The first kappa shape index (κ1) is 29.4. The minimum absolute atomic E-state index is 0.611. The van der Waals surface area contributed by atoms with Crippen molar-refractivity contribution in [3.05, 3.63) is 170 Å². The molecule has 3 heterocycles. The van der Waals surface area contributed by atoms with Gasteiger partial charge < -0.3 is 0 Å². The molecule has 0 saturated heterocycles. The SMILES string of the molecule is c1ccc(-c2nc(-c3ccccc3)nc(-c3cc(-c4cc5ccccc5c5ccccc45)ccc3-c3cnc4sc5ccccc5c4c3)n2)cc1. The van der Waals surface area contributed by atoms with E-state index < -0.39 is 0 Å². The van der Waals surface area contributed by atoms with Crippen LogP contribution in [-0.4, -0.2) is 19.9 Å². The van der Waals surface area contributed by atoms with Crippen molar-refractivity contribution >= 4 is 53.2 Å². The Morgan fingerprint density at radius 3 is 1.71 bits per heavy atom. The smallest absolute Gasteiger partial charge is 0.164 e. The van der Waals surface area contributed by atoms with Gasteiger partial charge in [-0.25, -0.2) is 19.9 Å². The summed E-state index contributed by atoms with van der Waals surface area (Å²) in [5.74, 6) is 1.87. The largest absolute Gasteiger partial charge is 0.245 e. The van der Waals surface area contributed by atoms with Crippen LogP contribution in [0, 0.1) is 0 Å². The Kier molecular flexibility index (Phi) is 6.96. The molecule has 0 fully saturated rings. The van der Waals surface area contributed by atoms with Crippen molar-refractivity contribution in [2.24, 2.45) is 0 Å². The van der Waals surface area contributed by atoms with Crippen molar-refractivity contribution in [1.82, 2.24) is 19.9 Å². The summed E-state index contributed by atoms with van der Waals surface area (Å²) >= 11 is 1.72. The molecule has 0 unspecified atom stereocenters. The lowest BCUT2D eigenvalue weighted by Crippen LogP contribution is -2.01. The number of rotatable bonds is 5. The molecule has 0 saturated carbocycles. The van der Waals surface area contributed by atoms with E-state index in [0.717, 1.165) is 49.2 Å². The molecule has 51 heavy (non-hydrogen) atoms. The van der Waals surface area contributed by atoms with Gasteiger partial charge in [0.15, 0.2) is 17.5 Å². The van der Waals surface area contributed by atoms with Crippen molar-refractivity contribution in [1.29, 1.82) is 0 Å². The summed E-state index contributed by atoms with van der Waals surface area (Å²) in [4.78, 5) is 21.4. The first-order chi connectivity index (χ1) is 25.3. The number of pyridine rings is 1. The normalized spacial score (nSPS) is 11.5. The van der Waals surface area contributed by atoms with Crippen molar-refractivity contribution < 1.29 is 0 Å². The van der Waals surface area contributed by atoms with Crippen molar-refractivity contribution in [3.63, 3.8) is 0 Å². The van der Waals surface area contributed by atoms with Crippen molar-refractivity contribution in [3.8, 4) is 56.4 Å². The van der Waals surface area contributed by atoms with Gasteiger partial charge in [0.1, 0.15) is 4.83 Å². The van der Waals surface area contributed by atoms with E-state index in [1.54, 1.807) is 11.3 Å². The van der Waals surface area contributed by atoms with Crippen molar-refractivity contribution in [2.75, 3.05) is 0 Å². The molecule has 0 aliphatic rings. The second-order valence-corrected chi connectivity index (χ2v) is 13.7. The molecular formula is C46H28N4S. The Balaban J connectivity index is 1.26. The Bertz CT molecular complexity index is 2860. The van der Waals surface area contributed by atoms with Gasteiger partial charge in [-0.3, -0.25) is 0 Å². The van der Waals surface area contributed by atoms with Gasteiger partial charge in [0.2, 0.25) is 0 Å². The highest BCUT2D eigenvalue weighted by Gasteiger charge is 2.19. The summed E-state index contributed by atoms with van der Waals surface area (Å²) in [7, 11) is 0. The number of hydrogen-bond acceptors (Lipinski definition) is 5. The standard InChI is InChI=1S/C46H28N4S/c1-3-13-29(14-4-1)43-48-44(30-15-5-2-6-16-30)50-45(49-43)40-26-32(39-25-31-17-7-8-18-34(31)36-19-9-10-20-37(36)39)23-24-35(40)33-27-41-38-21-11-12-22-42(38)51-46(41)47-28-33/h1-28H. The third-order valence-electron chi connectivity index (χ3n) is 9.58. The molecule has 3 aromatic heterocycles. The zero-order chi connectivity index (χ0) is 33.7. The molecule has 0 N–H and O–H groups in total. The van der Waals surface area contributed by atoms with Gasteiger partial charge in [0.25, 0.3) is 0 Å². The van der Waals surface area contributed by atoms with Crippen LogP contribution in [0.5, 0.6) is 0 Å². The number of aromatic nitrogens is 4. The first-order valence-electron chi connectivity index (χ1n) is 17.0. The second-order valence-electron chi connectivity index (χ2n) is 12.7. The average molecular weight is 669 g/mol. The predicted octanol–water partition coefficient (Wildman–Crippen LogP) is 12.3. The van der Waals surface area contributed by atoms with Crippen LogP contribution >= 0.6 is 11.3 Å². The molecule has 0 radical (unpaired) electrons. The van der Waals surface area contributed by atoms with E-state index in [9.17, 15) is 0 Å². The number of fused-ring (bicyclic) bond motifs is 6. The fourth-order valence-corrected chi connectivity index (χ4v) is 8.15. The second kappa shape index (κ2) is 12.1. The lowest BCUT2D eigenvalue weighted by atomic mass is 9.90. The maximum Gasteiger partial charge on any atom is 0.164 e. The lowest BCUT2D eigenvalue weighted by molar-refractivity contribution is 1.07. The van der Waals surface area contributed by atoms with Crippen molar-refractivity contribution in [2.45, 2.75) is 0 Å². The number of benzene rings is 7. The van der Waals surface area contributed by atoms with E-state index in [-0.39, 0.29) is 0 Å². The molecule has 0 spiro atoms. The van der Waals surface area contributed by atoms with Gasteiger partial charge in [-0.2, -0.15) is 0 Å². The number of hydrogen-bond donors (Lipinski definition) is 0. The van der Waals surface area contributed by atoms with Crippen LogP contribution in [0.25, 0.3) is 98.3 Å². The molecule has 238 valence electrons. The maximum absolute atomic E-state index is 5.19. The van der Waals surface area contributed by atoms with E-state index in [4.69, 9.17) is 19.9 Å². The summed E-state index contributed by atoms with van der Waals surface area (Å²) in [5, 5.41) is 7.24. The highest BCUT2D eigenvalue weighted by Crippen LogP contribution is 2.41. The monoisotopic (exact) mass is 668 g/mol. The Hall–Kier alpha value is -6.56. The number of thiophene rings is 1. The van der Waals surface area contributed by atoms with E-state index in [1.165, 1.54) is 31.6 Å². The molecule has 0 amide bonds. The van der Waals surface area contributed by atoms with Crippen LogP contribution in [0.2, 0.25) is 0 Å². The quantitative estimate of drug-likeness (QED) is 0.171. The van der Waals surface area contributed by atoms with Gasteiger partial charge in [-0.05, 0) is 62.5 Å². The van der Waals surface area contributed by atoms with Gasteiger partial charge in [-0.15, -0.1) is 11.3 Å². The Morgan fingerprint density at radius 2 is 0.961 bits per heavy atom. The maximum atomic E-state index is 5.19. The van der Waals surface area contributed by atoms with Gasteiger partial charge in [0, 0.05) is 43.9 Å². The van der Waals surface area contributed by atoms with Crippen LogP contribution in [-0.2, 0) is 0 Å². The lowest BCUT2D eigenvalue weighted by Gasteiger charge is -2.16. The fourth-order valence-electron chi connectivity index (χ4n) is 7.13. The molecule has 10 rings (SSSR count). The van der Waals surface area contributed by atoms with Crippen LogP contribution in [0.1, 0.15) is 0 Å². The summed E-state index contributed by atoms with van der Waals surface area (Å²) < 4.78 is 1.23. The third kappa shape index (κ3) is 5.14. The van der Waals surface area contributed by atoms with E-state index in [1.807, 2.05) is 66.9 Å². The topological polar surface area (TPSA) is 51.6 Å². The number of nitrogens with zero attached hydrogens (tertiary/aromatic N) is 4. The summed E-state index contributed by atoms with van der Waals surface area (Å²) in [5.41, 5.74) is 7.07. The first-order valence-corrected chi connectivity index (χ1v) is 17.8.